The minimum atomic E-state index is -0.528. The summed E-state index contributed by atoms with van der Waals surface area (Å²) in [6.07, 6.45) is 2.14. The van der Waals surface area contributed by atoms with Gasteiger partial charge in [0.1, 0.15) is 6.10 Å². The minimum absolute atomic E-state index is 0.109. The summed E-state index contributed by atoms with van der Waals surface area (Å²) in [4.78, 5) is 4.47. The third-order valence-electron chi connectivity index (χ3n) is 3.65. The van der Waals surface area contributed by atoms with E-state index in [0.717, 1.165) is 38.3 Å². The van der Waals surface area contributed by atoms with Crippen molar-refractivity contribution in [3.63, 3.8) is 0 Å². The van der Waals surface area contributed by atoms with Crippen molar-refractivity contribution in [3.8, 4) is 0 Å². The van der Waals surface area contributed by atoms with Crippen LogP contribution in [-0.2, 0) is 6.54 Å². The second kappa shape index (κ2) is 5.77. The summed E-state index contributed by atoms with van der Waals surface area (Å²) < 4.78 is 1.81. The molecule has 0 saturated carbocycles. The van der Waals surface area contributed by atoms with Crippen LogP contribution in [0.5, 0.6) is 0 Å². The van der Waals surface area contributed by atoms with Gasteiger partial charge in [0, 0.05) is 26.2 Å². The van der Waals surface area contributed by atoms with Crippen LogP contribution >= 0.6 is 0 Å². The molecule has 0 amide bonds. The number of aliphatic hydroxyl groups is 1. The lowest BCUT2D eigenvalue weighted by molar-refractivity contribution is 0.00945. The maximum absolute atomic E-state index is 10.6. The Morgan fingerprint density at radius 1 is 1.44 bits per heavy atom. The van der Waals surface area contributed by atoms with Gasteiger partial charge in [-0.05, 0) is 20.5 Å². The predicted molar refractivity (Wildman–Crippen MR) is 69.2 cm³/mol. The quantitative estimate of drug-likeness (QED) is 0.816. The van der Waals surface area contributed by atoms with Crippen molar-refractivity contribution in [2.45, 2.75) is 32.0 Å². The Morgan fingerprint density at radius 2 is 2.22 bits per heavy atom. The first kappa shape index (κ1) is 13.5. The fraction of sp³-hybridized carbons (Fsp3) is 0.833. The van der Waals surface area contributed by atoms with E-state index >= 15 is 0 Å². The zero-order valence-corrected chi connectivity index (χ0v) is 11.5. The van der Waals surface area contributed by atoms with E-state index < -0.39 is 6.10 Å². The van der Waals surface area contributed by atoms with Gasteiger partial charge >= 0.3 is 0 Å². The molecule has 2 unspecified atom stereocenters. The lowest BCUT2D eigenvalue weighted by Gasteiger charge is -2.40. The number of piperazine rings is 1. The van der Waals surface area contributed by atoms with E-state index in [1.54, 1.807) is 6.20 Å². The molecule has 1 saturated heterocycles. The topological polar surface area (TPSA) is 57.4 Å². The Bertz CT molecular complexity index is 380. The third kappa shape index (κ3) is 2.71. The number of nitrogens with zero attached hydrogens (tertiary/aromatic N) is 5. The molecule has 0 aromatic carbocycles. The number of rotatable bonds is 4. The molecule has 0 aliphatic carbocycles. The fourth-order valence-corrected chi connectivity index (χ4v) is 2.46. The molecule has 2 heterocycles. The Labute approximate surface area is 108 Å². The van der Waals surface area contributed by atoms with Crippen molar-refractivity contribution in [1.29, 1.82) is 0 Å². The summed E-state index contributed by atoms with van der Waals surface area (Å²) in [7, 11) is 4.16. The molecular weight excluding hydrogens is 230 g/mol. The van der Waals surface area contributed by atoms with E-state index in [2.05, 4.69) is 41.1 Å². The maximum atomic E-state index is 10.6. The van der Waals surface area contributed by atoms with E-state index in [9.17, 15) is 5.11 Å². The Hall–Kier alpha value is -0.980. The van der Waals surface area contributed by atoms with E-state index in [4.69, 9.17) is 0 Å². The first-order chi connectivity index (χ1) is 8.63. The number of hydrogen-bond donors (Lipinski definition) is 1. The van der Waals surface area contributed by atoms with Crippen LogP contribution in [0.3, 0.4) is 0 Å². The molecule has 1 aliphatic heterocycles. The first-order valence-corrected chi connectivity index (χ1v) is 6.58. The van der Waals surface area contributed by atoms with Crippen LogP contribution in [-0.4, -0.2) is 69.7 Å². The van der Waals surface area contributed by atoms with Crippen molar-refractivity contribution >= 4 is 0 Å². The molecule has 0 radical (unpaired) electrons. The SMILES string of the molecule is CCCn1nncc1C(O)C1CN(C)CCN1C. The van der Waals surface area contributed by atoms with Crippen LogP contribution in [0.15, 0.2) is 6.20 Å². The van der Waals surface area contributed by atoms with Gasteiger partial charge in [-0.2, -0.15) is 0 Å². The van der Waals surface area contributed by atoms with Gasteiger partial charge in [0.25, 0.3) is 0 Å². The van der Waals surface area contributed by atoms with Crippen LogP contribution in [0.2, 0.25) is 0 Å². The van der Waals surface area contributed by atoms with Gasteiger partial charge in [0.2, 0.25) is 0 Å². The second-order valence-electron chi connectivity index (χ2n) is 5.14. The van der Waals surface area contributed by atoms with Crippen molar-refractivity contribution in [3.05, 3.63) is 11.9 Å². The zero-order chi connectivity index (χ0) is 13.1. The summed E-state index contributed by atoms with van der Waals surface area (Å²) >= 11 is 0. The van der Waals surface area contributed by atoms with Crippen LogP contribution in [0.4, 0.5) is 0 Å². The maximum Gasteiger partial charge on any atom is 0.114 e. The van der Waals surface area contributed by atoms with E-state index in [1.165, 1.54) is 0 Å². The molecule has 6 heteroatoms. The second-order valence-corrected chi connectivity index (χ2v) is 5.14. The fourth-order valence-electron chi connectivity index (χ4n) is 2.46. The predicted octanol–water partition coefficient (Wildman–Crippen LogP) is -0.0327. The first-order valence-electron chi connectivity index (χ1n) is 6.58. The summed E-state index contributed by atoms with van der Waals surface area (Å²) in [6, 6.07) is 0.109. The summed E-state index contributed by atoms with van der Waals surface area (Å²) in [5.41, 5.74) is 0.823. The van der Waals surface area contributed by atoms with Crippen molar-refractivity contribution < 1.29 is 5.11 Å². The van der Waals surface area contributed by atoms with E-state index in [-0.39, 0.29) is 6.04 Å². The molecule has 2 rings (SSSR count). The van der Waals surface area contributed by atoms with Crippen molar-refractivity contribution in [2.75, 3.05) is 33.7 Å². The summed E-state index contributed by atoms with van der Waals surface area (Å²) in [5, 5.41) is 18.5. The molecule has 6 nitrogen and oxygen atoms in total. The molecule has 102 valence electrons. The molecule has 0 bridgehead atoms. The van der Waals surface area contributed by atoms with Crippen molar-refractivity contribution in [1.82, 2.24) is 24.8 Å². The van der Waals surface area contributed by atoms with Gasteiger partial charge in [0.15, 0.2) is 0 Å². The highest BCUT2D eigenvalue weighted by Gasteiger charge is 2.31. The zero-order valence-electron chi connectivity index (χ0n) is 11.5. The van der Waals surface area contributed by atoms with Gasteiger partial charge in [-0.1, -0.05) is 12.1 Å². The number of aryl methyl sites for hydroxylation is 1. The minimum Gasteiger partial charge on any atom is -0.385 e. The number of aromatic nitrogens is 3. The Balaban J connectivity index is 2.13. The third-order valence-corrected chi connectivity index (χ3v) is 3.65. The summed E-state index contributed by atoms with van der Waals surface area (Å²) in [6.45, 7) is 5.80. The highest BCUT2D eigenvalue weighted by atomic mass is 16.3. The largest absolute Gasteiger partial charge is 0.385 e. The summed E-state index contributed by atoms with van der Waals surface area (Å²) in [5.74, 6) is 0. The van der Waals surface area contributed by atoms with Gasteiger partial charge in [-0.15, -0.1) is 5.10 Å². The standard InChI is InChI=1S/C12H23N5O/c1-4-5-17-10(8-13-14-17)12(18)11-9-15(2)6-7-16(11)3/h8,11-12,18H,4-7,9H2,1-3H3. The Kier molecular flexibility index (Phi) is 4.31. The number of likely N-dealkylation sites (N-methyl/N-ethyl adjacent to an activating group) is 2. The number of aliphatic hydroxyl groups excluding tert-OH is 1. The molecule has 18 heavy (non-hydrogen) atoms. The molecule has 1 N–H and O–H groups in total. The lowest BCUT2D eigenvalue weighted by Crippen LogP contribution is -2.52. The van der Waals surface area contributed by atoms with Crippen LogP contribution < -0.4 is 0 Å². The molecule has 1 fully saturated rings. The highest BCUT2D eigenvalue weighted by Crippen LogP contribution is 2.22. The van der Waals surface area contributed by atoms with Crippen LogP contribution in [0.1, 0.15) is 25.1 Å². The van der Waals surface area contributed by atoms with E-state index in [0.29, 0.717) is 0 Å². The molecule has 1 aromatic heterocycles. The van der Waals surface area contributed by atoms with Crippen LogP contribution in [0, 0.1) is 0 Å². The molecular formula is C12H23N5O. The monoisotopic (exact) mass is 253 g/mol. The lowest BCUT2D eigenvalue weighted by atomic mass is 10.0. The molecule has 2 atom stereocenters. The Morgan fingerprint density at radius 3 is 2.94 bits per heavy atom. The van der Waals surface area contributed by atoms with Gasteiger partial charge in [-0.3, -0.25) is 4.90 Å². The van der Waals surface area contributed by atoms with Crippen molar-refractivity contribution in [2.24, 2.45) is 0 Å². The van der Waals surface area contributed by atoms with Crippen LogP contribution in [0.25, 0.3) is 0 Å². The highest BCUT2D eigenvalue weighted by molar-refractivity contribution is 5.04. The number of hydrogen-bond acceptors (Lipinski definition) is 5. The molecule has 1 aromatic rings. The molecule has 1 aliphatic rings. The molecule has 0 spiro atoms. The van der Waals surface area contributed by atoms with E-state index in [1.807, 2.05) is 4.68 Å². The normalized spacial score (nSPS) is 24.3. The smallest absolute Gasteiger partial charge is 0.114 e. The van der Waals surface area contributed by atoms with Gasteiger partial charge in [-0.25, -0.2) is 4.68 Å². The van der Waals surface area contributed by atoms with Gasteiger partial charge < -0.3 is 10.0 Å². The van der Waals surface area contributed by atoms with Gasteiger partial charge in [0.05, 0.1) is 17.9 Å². The average Bonchev–Trinajstić information content (AvgIpc) is 2.80. The average molecular weight is 253 g/mol.